The zero-order chi connectivity index (χ0) is 32.7. The van der Waals surface area contributed by atoms with Gasteiger partial charge in [0, 0.05) is 29.8 Å². The summed E-state index contributed by atoms with van der Waals surface area (Å²) in [4.78, 5) is 41.4. The van der Waals surface area contributed by atoms with Crippen LogP contribution in [0.3, 0.4) is 0 Å². The second kappa shape index (κ2) is 12.1. The Hall–Kier alpha value is -5.88. The fraction of sp³-hybridized carbons (Fsp3) is 0.143. The minimum atomic E-state index is -0.540. The van der Waals surface area contributed by atoms with Gasteiger partial charge in [0.15, 0.2) is 16.3 Å². The van der Waals surface area contributed by atoms with Gasteiger partial charge in [-0.25, -0.2) is 4.99 Å². The summed E-state index contributed by atoms with van der Waals surface area (Å²) in [5.41, 5.74) is 5.79. The van der Waals surface area contributed by atoms with E-state index in [0.717, 1.165) is 28.8 Å². The van der Waals surface area contributed by atoms with Gasteiger partial charge in [-0.05, 0) is 71.0 Å². The van der Waals surface area contributed by atoms with Gasteiger partial charge in [0.2, 0.25) is 0 Å². The molecule has 5 aromatic rings. The molecule has 4 aromatic carbocycles. The molecule has 234 valence electrons. The van der Waals surface area contributed by atoms with Crippen LogP contribution in [-0.2, 0) is 13.0 Å². The first-order valence-corrected chi connectivity index (χ1v) is 15.5. The van der Waals surface area contributed by atoms with Crippen LogP contribution in [0, 0.1) is 20.2 Å². The van der Waals surface area contributed by atoms with Gasteiger partial charge in [-0.15, -0.1) is 0 Å². The molecule has 1 aliphatic heterocycles. The fourth-order valence-corrected chi connectivity index (χ4v) is 7.05. The number of hydrogen-bond acceptors (Lipinski definition) is 9. The summed E-state index contributed by atoms with van der Waals surface area (Å²) in [6.45, 7) is 0.178. The molecule has 12 heteroatoms. The van der Waals surface area contributed by atoms with E-state index in [2.05, 4.69) is 6.07 Å². The van der Waals surface area contributed by atoms with Gasteiger partial charge in [-0.1, -0.05) is 53.8 Å². The summed E-state index contributed by atoms with van der Waals surface area (Å²) in [7, 11) is 1.52. The van der Waals surface area contributed by atoms with E-state index in [1.165, 1.54) is 42.2 Å². The minimum Gasteiger partial charge on any atom is -0.493 e. The number of fused-ring (bicyclic) bond motifs is 3. The number of hydrogen-bond donors (Lipinski definition) is 0. The Morgan fingerprint density at radius 1 is 0.915 bits per heavy atom. The number of methoxy groups -OCH3 is 1. The molecule has 0 spiro atoms. The molecule has 0 unspecified atom stereocenters. The largest absolute Gasteiger partial charge is 0.493 e. The van der Waals surface area contributed by atoms with E-state index < -0.39 is 15.9 Å². The Labute approximate surface area is 271 Å². The van der Waals surface area contributed by atoms with E-state index in [4.69, 9.17) is 14.5 Å². The van der Waals surface area contributed by atoms with Crippen LogP contribution in [0.4, 0.5) is 11.4 Å². The Kier molecular flexibility index (Phi) is 7.70. The van der Waals surface area contributed by atoms with E-state index >= 15 is 0 Å². The van der Waals surface area contributed by atoms with Gasteiger partial charge in [0.05, 0.1) is 33.2 Å². The van der Waals surface area contributed by atoms with Crippen molar-refractivity contribution < 1.29 is 19.3 Å². The van der Waals surface area contributed by atoms with Crippen molar-refractivity contribution in [2.24, 2.45) is 4.99 Å². The summed E-state index contributed by atoms with van der Waals surface area (Å²) in [5, 5.41) is 22.6. The van der Waals surface area contributed by atoms with E-state index in [0.29, 0.717) is 38.4 Å². The number of nitrogens with zero attached hydrogens (tertiary/aromatic N) is 4. The van der Waals surface area contributed by atoms with Crippen molar-refractivity contribution in [3.05, 3.63) is 164 Å². The molecule has 0 saturated heterocycles. The van der Waals surface area contributed by atoms with Crippen LogP contribution in [0.15, 0.2) is 106 Å². The third-order valence-corrected chi connectivity index (χ3v) is 9.28. The first-order valence-electron chi connectivity index (χ1n) is 14.7. The maximum absolute atomic E-state index is 14.1. The number of nitro benzene ring substituents is 2. The number of rotatable bonds is 8. The highest BCUT2D eigenvalue weighted by atomic mass is 32.1. The maximum Gasteiger partial charge on any atom is 0.271 e. The van der Waals surface area contributed by atoms with Crippen LogP contribution < -0.4 is 24.4 Å². The summed E-state index contributed by atoms with van der Waals surface area (Å²) in [6.07, 6.45) is 3.22. The molecule has 0 bridgehead atoms. The minimum absolute atomic E-state index is 0.00218. The molecule has 0 fully saturated rings. The van der Waals surface area contributed by atoms with Crippen molar-refractivity contribution in [1.82, 2.24) is 4.57 Å². The monoisotopic (exact) mass is 646 g/mol. The Bertz CT molecular complexity index is 2290. The quantitative estimate of drug-likeness (QED) is 0.155. The lowest BCUT2D eigenvalue weighted by molar-refractivity contribution is -0.385. The van der Waals surface area contributed by atoms with Crippen LogP contribution >= 0.6 is 11.3 Å². The topological polar surface area (TPSA) is 139 Å². The number of ether oxygens (including phenoxy) is 2. The molecule has 0 amide bonds. The van der Waals surface area contributed by atoms with E-state index in [-0.39, 0.29) is 23.5 Å². The van der Waals surface area contributed by atoms with Crippen molar-refractivity contribution >= 4 is 34.5 Å². The molecule has 2 aliphatic rings. The molecule has 0 saturated carbocycles. The lowest BCUT2D eigenvalue weighted by Crippen LogP contribution is -2.38. The van der Waals surface area contributed by atoms with Crippen molar-refractivity contribution in [1.29, 1.82) is 0 Å². The summed E-state index contributed by atoms with van der Waals surface area (Å²) in [5.74, 6) is 0.927. The first-order chi connectivity index (χ1) is 22.8. The zero-order valence-corrected chi connectivity index (χ0v) is 25.8. The van der Waals surface area contributed by atoms with Gasteiger partial charge >= 0.3 is 0 Å². The fourth-order valence-electron chi connectivity index (χ4n) is 6.05. The summed E-state index contributed by atoms with van der Waals surface area (Å²) >= 11 is 1.26. The highest BCUT2D eigenvalue weighted by Gasteiger charge is 2.33. The van der Waals surface area contributed by atoms with Crippen molar-refractivity contribution in [2.75, 3.05) is 7.11 Å². The molecule has 0 radical (unpaired) electrons. The molecule has 1 aromatic heterocycles. The van der Waals surface area contributed by atoms with Crippen molar-refractivity contribution in [3.63, 3.8) is 0 Å². The third-order valence-electron chi connectivity index (χ3n) is 8.30. The van der Waals surface area contributed by atoms with Gasteiger partial charge < -0.3 is 9.47 Å². The Morgan fingerprint density at radius 2 is 1.70 bits per heavy atom. The zero-order valence-electron chi connectivity index (χ0n) is 25.0. The molecule has 11 nitrogen and oxygen atoms in total. The number of non-ortho nitro benzene ring substituents is 2. The summed E-state index contributed by atoms with van der Waals surface area (Å²) in [6, 6.07) is 25.4. The second-order valence-electron chi connectivity index (χ2n) is 11.1. The molecule has 1 aliphatic carbocycles. The number of thiazole rings is 1. The highest BCUT2D eigenvalue weighted by Crippen LogP contribution is 2.41. The van der Waals surface area contributed by atoms with E-state index in [1.54, 1.807) is 47.0 Å². The predicted molar refractivity (Wildman–Crippen MR) is 176 cm³/mol. The first kappa shape index (κ1) is 29.8. The molecule has 1 atom stereocenters. The van der Waals surface area contributed by atoms with Gasteiger partial charge in [0.25, 0.3) is 16.9 Å². The highest BCUT2D eigenvalue weighted by molar-refractivity contribution is 7.07. The Balaban J connectivity index is 1.28. The van der Waals surface area contributed by atoms with Crippen molar-refractivity contribution in [3.8, 4) is 11.5 Å². The van der Waals surface area contributed by atoms with Crippen LogP contribution in [0.5, 0.6) is 11.5 Å². The molecular formula is C35H26N4O7S. The van der Waals surface area contributed by atoms with Gasteiger partial charge in [0.1, 0.15) is 6.61 Å². The SMILES string of the molecule is COc1cc(/C=c2/sc3n(c2=O)[C@H](c2cccc([N+](=O)[O-])c2)C2=C(N=3)c3ccccc3CC2)ccc1OCc1ccc([N+](=O)[O-])cc1. The van der Waals surface area contributed by atoms with Crippen LogP contribution in [0.2, 0.25) is 0 Å². The van der Waals surface area contributed by atoms with Crippen LogP contribution in [0.25, 0.3) is 11.8 Å². The number of aromatic nitrogens is 1. The van der Waals surface area contributed by atoms with E-state index in [1.807, 2.05) is 30.3 Å². The van der Waals surface area contributed by atoms with Gasteiger partial charge in [-0.2, -0.15) is 0 Å². The molecule has 7 rings (SSSR count). The number of nitro groups is 2. The molecule has 2 heterocycles. The standard InChI is InChI=1S/C35H26N4O7S/c1-45-30-17-22(11-16-29(30)46-20-21-9-13-25(14-10-21)38(41)42)18-31-34(40)37-33(24-6-4-7-26(19-24)39(43)44)28-15-12-23-5-2-3-8-27(23)32(28)36-35(37)47-31/h2-11,13-14,16-19,33H,12,15,20H2,1H3/b31-18+/t33-/m1/s1. The second-order valence-corrected chi connectivity index (χ2v) is 12.1. The Morgan fingerprint density at radius 3 is 2.47 bits per heavy atom. The third kappa shape index (κ3) is 5.59. The number of benzene rings is 4. The lowest BCUT2D eigenvalue weighted by atomic mass is 9.83. The normalized spacial score (nSPS) is 15.3. The van der Waals surface area contributed by atoms with Crippen molar-refractivity contribution in [2.45, 2.75) is 25.5 Å². The number of allylic oxidation sites excluding steroid dienone is 1. The average molecular weight is 647 g/mol. The predicted octanol–water partition coefficient (Wildman–Crippen LogP) is 5.72. The summed E-state index contributed by atoms with van der Waals surface area (Å²) < 4.78 is 13.6. The molecule has 47 heavy (non-hydrogen) atoms. The van der Waals surface area contributed by atoms with E-state index in [9.17, 15) is 25.0 Å². The average Bonchev–Trinajstić information content (AvgIpc) is 3.40. The smallest absolute Gasteiger partial charge is 0.271 e. The number of aryl methyl sites for hydroxylation is 1. The van der Waals surface area contributed by atoms with Crippen LogP contribution in [-0.4, -0.2) is 21.5 Å². The molecule has 0 N–H and O–H groups in total. The maximum atomic E-state index is 14.1. The molecular weight excluding hydrogens is 620 g/mol. The van der Waals surface area contributed by atoms with Crippen LogP contribution in [0.1, 0.15) is 40.3 Å². The van der Waals surface area contributed by atoms with Gasteiger partial charge in [-0.3, -0.25) is 29.6 Å². The lowest BCUT2D eigenvalue weighted by Gasteiger charge is -2.30.